The zero-order chi connectivity index (χ0) is 19.8. The first-order valence-corrected chi connectivity index (χ1v) is 10.0. The largest absolute Gasteiger partial charge is 0.496 e. The first kappa shape index (κ1) is 19.8. The summed E-state index contributed by atoms with van der Waals surface area (Å²) in [5, 5.41) is 1.19. The lowest BCUT2D eigenvalue weighted by atomic mass is 10.1. The molecule has 0 spiro atoms. The van der Waals surface area contributed by atoms with Crippen LogP contribution in [0.5, 0.6) is 5.75 Å². The molecule has 144 valence electrons. The number of hydrogen-bond donors (Lipinski definition) is 0. The molecule has 5 nitrogen and oxygen atoms in total. The van der Waals surface area contributed by atoms with E-state index in [1.54, 1.807) is 24.3 Å². The third kappa shape index (κ3) is 3.73. The second-order valence-electron chi connectivity index (χ2n) is 6.88. The molecule has 2 aliphatic rings. The summed E-state index contributed by atoms with van der Waals surface area (Å²) in [6.07, 6.45) is 3.43. The highest BCUT2D eigenvalue weighted by molar-refractivity contribution is 8.07. The van der Waals surface area contributed by atoms with Crippen LogP contribution in [0, 0.1) is 0 Å². The molecule has 0 aromatic heterocycles. The third-order valence-corrected chi connectivity index (χ3v) is 6.13. The highest BCUT2D eigenvalue weighted by Gasteiger charge is 2.48. The molecule has 3 rings (SSSR count). The molecule has 0 bridgehead atoms. The van der Waals surface area contributed by atoms with Crippen LogP contribution < -0.4 is 4.74 Å². The monoisotopic (exact) mass is 407 g/mol. The van der Waals surface area contributed by atoms with Gasteiger partial charge in [-0.05, 0) is 38.5 Å². The van der Waals surface area contributed by atoms with Gasteiger partial charge in [-0.25, -0.2) is 4.79 Å². The molecule has 0 amide bonds. The minimum atomic E-state index is -0.687. The highest BCUT2D eigenvalue weighted by Crippen LogP contribution is 2.51. The number of methoxy groups -OCH3 is 1. The number of allylic oxidation sites excluding steroid dienone is 1. The number of ketones is 1. The van der Waals surface area contributed by atoms with Gasteiger partial charge in [-0.3, -0.25) is 4.79 Å². The predicted molar refractivity (Wildman–Crippen MR) is 107 cm³/mol. The number of nitrogens with zero attached hydrogens (tertiary/aromatic N) is 1. The summed E-state index contributed by atoms with van der Waals surface area (Å²) in [6, 6.07) is 4.94. The Morgan fingerprint density at radius 2 is 2.15 bits per heavy atom. The fourth-order valence-corrected chi connectivity index (χ4v) is 4.50. The average molecular weight is 408 g/mol. The Morgan fingerprint density at radius 1 is 1.41 bits per heavy atom. The van der Waals surface area contributed by atoms with Gasteiger partial charge in [0.15, 0.2) is 5.78 Å². The minimum Gasteiger partial charge on any atom is -0.496 e. The Labute approximate surface area is 168 Å². The molecule has 0 atom stereocenters. The lowest BCUT2D eigenvalue weighted by Gasteiger charge is -2.24. The molecule has 2 aliphatic heterocycles. The maximum atomic E-state index is 12.9. The number of carbonyl (C=O) groups excluding carboxylic acids is 2. The molecule has 1 aromatic carbocycles. The van der Waals surface area contributed by atoms with Gasteiger partial charge in [0.25, 0.3) is 0 Å². The van der Waals surface area contributed by atoms with E-state index in [0.717, 1.165) is 22.8 Å². The fraction of sp³-hybridized carbons (Fsp3) is 0.400. The number of carbonyl (C=O) groups is 2. The van der Waals surface area contributed by atoms with E-state index in [1.807, 2.05) is 18.7 Å². The first-order valence-electron chi connectivity index (χ1n) is 8.81. The summed E-state index contributed by atoms with van der Waals surface area (Å²) < 4.78 is 10.8. The molecule has 0 radical (unpaired) electrons. The van der Waals surface area contributed by atoms with Crippen LogP contribution in [-0.4, -0.2) is 35.9 Å². The number of hydrogen-bond acceptors (Lipinski definition) is 6. The number of rotatable bonds is 6. The molecule has 1 aromatic rings. The Balaban J connectivity index is 1.97. The summed E-state index contributed by atoms with van der Waals surface area (Å²) in [5.74, 6) is -0.0925. The zero-order valence-corrected chi connectivity index (χ0v) is 17.4. The van der Waals surface area contributed by atoms with Gasteiger partial charge in [0, 0.05) is 17.6 Å². The van der Waals surface area contributed by atoms with Crippen LogP contribution in [0.3, 0.4) is 0 Å². The minimum absolute atomic E-state index is 0.217. The summed E-state index contributed by atoms with van der Waals surface area (Å²) in [7, 11) is 1.51. The van der Waals surface area contributed by atoms with Crippen molar-refractivity contribution in [1.82, 2.24) is 4.90 Å². The lowest BCUT2D eigenvalue weighted by molar-refractivity contribution is -0.145. The van der Waals surface area contributed by atoms with Crippen molar-refractivity contribution in [3.8, 4) is 5.75 Å². The Hall–Kier alpha value is -1.92. The molecule has 2 heterocycles. The Morgan fingerprint density at radius 3 is 2.81 bits per heavy atom. The summed E-state index contributed by atoms with van der Waals surface area (Å²) in [6.45, 7) is 6.46. The van der Waals surface area contributed by atoms with E-state index in [4.69, 9.17) is 21.1 Å². The van der Waals surface area contributed by atoms with Crippen molar-refractivity contribution in [1.29, 1.82) is 0 Å². The maximum Gasteiger partial charge on any atom is 0.356 e. The van der Waals surface area contributed by atoms with E-state index in [9.17, 15) is 9.59 Å². The van der Waals surface area contributed by atoms with Gasteiger partial charge in [-0.15, -0.1) is 0 Å². The van der Waals surface area contributed by atoms with Gasteiger partial charge < -0.3 is 14.4 Å². The standard InChI is InChI=1S/C20H22ClNO4S/c1-5-6-9-22-16(27-18-17(22)19(24)26-20(18,2)3)11-14(23)13-10-12(21)7-8-15(13)25-4/h7-8,10-11H,5-6,9H2,1-4H3. The van der Waals surface area contributed by atoms with E-state index in [-0.39, 0.29) is 11.8 Å². The summed E-state index contributed by atoms with van der Waals surface area (Å²) >= 11 is 7.47. The van der Waals surface area contributed by atoms with Crippen molar-refractivity contribution in [3.63, 3.8) is 0 Å². The molecule has 7 heteroatoms. The second-order valence-corrected chi connectivity index (χ2v) is 8.34. The molecule has 0 saturated carbocycles. The molecule has 0 fully saturated rings. The van der Waals surface area contributed by atoms with E-state index in [0.29, 0.717) is 28.6 Å². The number of halogens is 1. The third-order valence-electron chi connectivity index (χ3n) is 4.46. The van der Waals surface area contributed by atoms with Crippen molar-refractivity contribution in [2.45, 2.75) is 39.2 Å². The number of esters is 1. The SMILES string of the molecule is CCCCN1C(=CC(=O)c2cc(Cl)ccc2OC)SC2=C1C(=O)OC2(C)C. The van der Waals surface area contributed by atoms with Crippen LogP contribution >= 0.6 is 23.4 Å². The average Bonchev–Trinajstić information content (AvgIpc) is 3.08. The van der Waals surface area contributed by atoms with Crippen LogP contribution in [0.15, 0.2) is 39.9 Å². The van der Waals surface area contributed by atoms with Gasteiger partial charge in [-0.1, -0.05) is 36.7 Å². The quantitative estimate of drug-likeness (QED) is 0.384. The number of unbranched alkanes of at least 4 members (excludes halogenated alkanes) is 1. The van der Waals surface area contributed by atoms with Gasteiger partial charge in [0.2, 0.25) is 0 Å². The van der Waals surface area contributed by atoms with Crippen LogP contribution in [0.1, 0.15) is 44.0 Å². The van der Waals surface area contributed by atoms with Crippen molar-refractivity contribution in [2.75, 3.05) is 13.7 Å². The maximum absolute atomic E-state index is 12.9. The molecular weight excluding hydrogens is 386 g/mol. The zero-order valence-electron chi connectivity index (χ0n) is 15.8. The van der Waals surface area contributed by atoms with Crippen LogP contribution in [0.25, 0.3) is 0 Å². The van der Waals surface area contributed by atoms with Gasteiger partial charge in [0.1, 0.15) is 17.0 Å². The number of thioether (sulfide) groups is 1. The van der Waals surface area contributed by atoms with E-state index >= 15 is 0 Å². The van der Waals surface area contributed by atoms with E-state index < -0.39 is 5.60 Å². The van der Waals surface area contributed by atoms with E-state index in [1.165, 1.54) is 18.9 Å². The Kier molecular flexibility index (Phi) is 5.58. The number of benzene rings is 1. The first-order chi connectivity index (χ1) is 12.8. The van der Waals surface area contributed by atoms with Gasteiger partial charge >= 0.3 is 5.97 Å². The molecule has 0 saturated heterocycles. The molecular formula is C20H22ClNO4S. The van der Waals surface area contributed by atoms with Crippen LogP contribution in [0.2, 0.25) is 5.02 Å². The predicted octanol–water partition coefficient (Wildman–Crippen LogP) is 4.77. The summed E-state index contributed by atoms with van der Waals surface area (Å²) in [4.78, 5) is 28.1. The molecule has 27 heavy (non-hydrogen) atoms. The van der Waals surface area contributed by atoms with Gasteiger partial charge in [-0.2, -0.15) is 0 Å². The van der Waals surface area contributed by atoms with Crippen molar-refractivity contribution in [3.05, 3.63) is 50.5 Å². The lowest BCUT2D eigenvalue weighted by Crippen LogP contribution is -2.26. The number of ether oxygens (including phenoxy) is 2. The second kappa shape index (κ2) is 7.60. The fourth-order valence-electron chi connectivity index (χ4n) is 3.09. The smallest absolute Gasteiger partial charge is 0.356 e. The van der Waals surface area contributed by atoms with Crippen molar-refractivity contribution < 1.29 is 19.1 Å². The molecule has 0 unspecified atom stereocenters. The van der Waals surface area contributed by atoms with E-state index in [2.05, 4.69) is 6.92 Å². The van der Waals surface area contributed by atoms with Crippen LogP contribution in [0.4, 0.5) is 0 Å². The normalized spacial score (nSPS) is 19.5. The van der Waals surface area contributed by atoms with Gasteiger partial charge in [0.05, 0.1) is 22.6 Å². The Bertz CT molecular complexity index is 860. The van der Waals surface area contributed by atoms with Crippen LogP contribution in [-0.2, 0) is 9.53 Å². The molecule has 0 N–H and O–H groups in total. The topological polar surface area (TPSA) is 55.8 Å². The highest BCUT2D eigenvalue weighted by atomic mass is 35.5. The van der Waals surface area contributed by atoms with Crippen molar-refractivity contribution >= 4 is 35.1 Å². The van der Waals surface area contributed by atoms with Crippen molar-refractivity contribution in [2.24, 2.45) is 0 Å². The molecule has 0 aliphatic carbocycles. The number of cyclic esters (lactones) is 1. The summed E-state index contributed by atoms with van der Waals surface area (Å²) in [5.41, 5.74) is 0.256.